The summed E-state index contributed by atoms with van der Waals surface area (Å²) in [5.74, 6) is 0. The van der Waals surface area contributed by atoms with E-state index in [4.69, 9.17) is 0 Å². The molecule has 102 heavy (non-hydrogen) atoms. The Morgan fingerprint density at radius 1 is 0.216 bits per heavy atom. The van der Waals surface area contributed by atoms with Crippen LogP contribution >= 0.6 is 15.9 Å². The van der Waals surface area contributed by atoms with E-state index in [0.29, 0.717) is 5.46 Å². The van der Waals surface area contributed by atoms with Gasteiger partial charge in [0.15, 0.2) is 0 Å². The lowest BCUT2D eigenvalue weighted by molar-refractivity contribution is 0.426. The van der Waals surface area contributed by atoms with Gasteiger partial charge in [-0.3, -0.25) is 0 Å². The molecule has 0 bridgehead atoms. The second-order valence-electron chi connectivity index (χ2n) is 28.7. The van der Waals surface area contributed by atoms with E-state index in [1.165, 1.54) is 170 Å². The summed E-state index contributed by atoms with van der Waals surface area (Å²) in [5.41, 5.74) is 23.9. The van der Waals surface area contributed by atoms with E-state index in [0.717, 1.165) is 20.8 Å². The van der Waals surface area contributed by atoms with Gasteiger partial charge in [0.25, 0.3) is 0 Å². The van der Waals surface area contributed by atoms with Crippen molar-refractivity contribution in [3.05, 3.63) is 366 Å². The van der Waals surface area contributed by atoms with Crippen LogP contribution < -0.4 is 5.46 Å². The van der Waals surface area contributed by atoms with Gasteiger partial charge < -0.3 is 10.0 Å². The van der Waals surface area contributed by atoms with E-state index in [1.54, 1.807) is 6.07 Å². The zero-order chi connectivity index (χ0) is 69.0. The Morgan fingerprint density at radius 3 is 0.922 bits per heavy atom. The van der Waals surface area contributed by atoms with Crippen LogP contribution in [-0.2, 0) is 10.8 Å². The fraction of sp³-hybridized carbons (Fsp3) is 0.0612. The van der Waals surface area contributed by atoms with Crippen LogP contribution in [0.2, 0.25) is 0 Å². The summed E-state index contributed by atoms with van der Waals surface area (Å²) in [6.45, 7) is 9.42. The van der Waals surface area contributed by atoms with Crippen molar-refractivity contribution >= 4 is 115 Å². The van der Waals surface area contributed by atoms with Gasteiger partial charge in [0, 0.05) is 15.3 Å². The predicted molar refractivity (Wildman–Crippen MR) is 439 cm³/mol. The third-order valence-electron chi connectivity index (χ3n) is 22.0. The van der Waals surface area contributed by atoms with E-state index in [2.05, 4.69) is 365 Å². The normalized spacial score (nSPS) is 13.0. The van der Waals surface area contributed by atoms with Gasteiger partial charge in [-0.05, 0) is 265 Å². The molecule has 2 aliphatic rings. The molecule has 0 unspecified atom stereocenters. The molecule has 0 fully saturated rings. The fourth-order valence-electron chi connectivity index (χ4n) is 16.5. The lowest BCUT2D eigenvalue weighted by Gasteiger charge is -2.23. The number of hydrogen-bond acceptors (Lipinski definition) is 2. The summed E-state index contributed by atoms with van der Waals surface area (Å²) in [7, 11) is -1.46. The molecule has 2 aliphatic carbocycles. The number of halogens is 1. The number of hydrogen-bond donors (Lipinski definition) is 2. The molecule has 0 spiro atoms. The monoisotopic (exact) mass is 1370 g/mol. The van der Waals surface area contributed by atoms with E-state index in [9.17, 15) is 10.0 Å². The Balaban J connectivity index is 0.000000119. The van der Waals surface area contributed by atoms with Crippen molar-refractivity contribution in [1.82, 2.24) is 0 Å². The quantitative estimate of drug-likeness (QED) is 0.129. The number of fused-ring (bicyclic) bond motifs is 16. The molecule has 0 heterocycles. The fourth-order valence-corrected chi connectivity index (χ4v) is 16.9. The predicted octanol–water partition coefficient (Wildman–Crippen LogP) is 25.7. The molecule has 0 saturated carbocycles. The van der Waals surface area contributed by atoms with Gasteiger partial charge in [-0.2, -0.15) is 0 Å². The topological polar surface area (TPSA) is 40.5 Å². The molecule has 0 radical (unpaired) electrons. The molecule has 18 aromatic carbocycles. The van der Waals surface area contributed by atoms with Crippen LogP contribution in [0.25, 0.3) is 164 Å². The average molecular weight is 1370 g/mol. The molecule has 0 atom stereocenters. The Kier molecular flexibility index (Phi) is 15.4. The van der Waals surface area contributed by atoms with E-state index >= 15 is 0 Å². The lowest BCUT2D eigenvalue weighted by Crippen LogP contribution is -2.29. The molecule has 2 N–H and O–H groups in total. The zero-order valence-electron chi connectivity index (χ0n) is 57.2. The van der Waals surface area contributed by atoms with Gasteiger partial charge in [0.1, 0.15) is 0 Å². The van der Waals surface area contributed by atoms with Crippen LogP contribution in [0.15, 0.2) is 344 Å². The smallest absolute Gasteiger partial charge is 0.423 e. The van der Waals surface area contributed by atoms with Gasteiger partial charge in [-0.1, -0.05) is 311 Å². The van der Waals surface area contributed by atoms with Crippen molar-refractivity contribution in [1.29, 1.82) is 0 Å². The molecule has 0 amide bonds. The Labute approximate surface area is 603 Å². The Hall–Kier alpha value is -11.5. The first-order valence-electron chi connectivity index (χ1n) is 35.2. The third kappa shape index (κ3) is 11.0. The van der Waals surface area contributed by atoms with Crippen molar-refractivity contribution in [2.24, 2.45) is 0 Å². The van der Waals surface area contributed by atoms with Crippen LogP contribution in [0, 0.1) is 0 Å². The molecule has 20 rings (SSSR count). The first-order valence-corrected chi connectivity index (χ1v) is 36.0. The van der Waals surface area contributed by atoms with Crippen molar-refractivity contribution in [2.45, 2.75) is 38.5 Å². The van der Waals surface area contributed by atoms with Gasteiger partial charge in [-0.15, -0.1) is 0 Å². The first kappa shape index (κ1) is 62.7. The lowest BCUT2D eigenvalue weighted by atomic mass is 9.79. The van der Waals surface area contributed by atoms with Crippen LogP contribution in [0.5, 0.6) is 0 Å². The second kappa shape index (κ2) is 25.0. The Morgan fingerprint density at radius 2 is 0.500 bits per heavy atom. The number of benzene rings is 18. The summed E-state index contributed by atoms with van der Waals surface area (Å²) in [6, 6.07) is 123. The summed E-state index contributed by atoms with van der Waals surface area (Å²) in [5, 5.41) is 38.8. The standard InChI is InChI=1S/C49H34.C25H19Br.C24H17BO2/c1-49(2)47-29-36(34-18-15-31-9-3-4-10-33(31)25-34)21-23-44(47)45-24-22-37(30-48(45)49)35-19-16-32-17-20-39(27-40(32)26-35)46-28-38-11-5-6-12-41(38)42-13-7-8-14-43(42)46;1-25(2)23-14-19(18-8-7-16-5-3-4-6-17(16)13-18)9-11-21(23)22-12-10-20(26)15-24(22)25;26-25(27)20-12-11-16-9-10-18(13-19(16)14-20)24-15-17-5-1-2-6-21(17)22-7-3-4-8-23(22)24/h3-30H,1-2H3;3-15H,1-2H3;1-15,26-27H. The first-order chi connectivity index (χ1) is 49.7. The molecule has 0 saturated heterocycles. The zero-order valence-corrected chi connectivity index (χ0v) is 58.8. The molecular formula is C98H70BBrO2. The molecule has 4 heteroatoms. The molecule has 18 aromatic rings. The van der Waals surface area contributed by atoms with Gasteiger partial charge >= 0.3 is 7.12 Å². The maximum absolute atomic E-state index is 9.48. The molecule has 2 nitrogen and oxygen atoms in total. The van der Waals surface area contributed by atoms with Crippen molar-refractivity contribution in [3.8, 4) is 77.9 Å². The third-order valence-corrected chi connectivity index (χ3v) is 22.5. The van der Waals surface area contributed by atoms with Crippen LogP contribution in [0.4, 0.5) is 0 Å². The summed E-state index contributed by atoms with van der Waals surface area (Å²) < 4.78 is 1.15. The van der Waals surface area contributed by atoms with E-state index in [1.807, 2.05) is 12.1 Å². The minimum absolute atomic E-state index is 0.0152. The van der Waals surface area contributed by atoms with Crippen molar-refractivity contribution in [3.63, 3.8) is 0 Å². The highest BCUT2D eigenvalue weighted by Gasteiger charge is 2.37. The highest BCUT2D eigenvalue weighted by Crippen LogP contribution is 2.53. The summed E-state index contributed by atoms with van der Waals surface area (Å²) in [4.78, 5) is 0. The van der Waals surface area contributed by atoms with Gasteiger partial charge in [0.05, 0.1) is 0 Å². The average Bonchev–Trinajstić information content (AvgIpc) is 1.55. The van der Waals surface area contributed by atoms with E-state index < -0.39 is 7.12 Å². The highest BCUT2D eigenvalue weighted by molar-refractivity contribution is 9.10. The minimum Gasteiger partial charge on any atom is -0.423 e. The SMILES string of the molecule is CC1(C)c2cc(-c3ccc4ccccc4c3)ccc2-c2ccc(-c3ccc4ccc(-c5cc6ccccc6c6ccccc56)cc4c3)cc21.CC1(C)c2cc(Br)ccc2-c2ccc(-c3ccc4ccccc4c3)cc21.OB(O)c1ccc2ccc(-c3cc4ccccc4c4ccccc34)cc2c1. The molecular weight excluding hydrogens is 1300 g/mol. The van der Waals surface area contributed by atoms with Gasteiger partial charge in [-0.25, -0.2) is 0 Å². The summed E-state index contributed by atoms with van der Waals surface area (Å²) in [6.07, 6.45) is 0. The molecule has 0 aromatic heterocycles. The van der Waals surface area contributed by atoms with Crippen molar-refractivity contribution < 1.29 is 10.0 Å². The maximum atomic E-state index is 9.48. The minimum atomic E-state index is -1.46. The largest absolute Gasteiger partial charge is 0.488 e. The maximum Gasteiger partial charge on any atom is 0.488 e. The second-order valence-corrected chi connectivity index (χ2v) is 29.6. The van der Waals surface area contributed by atoms with Crippen LogP contribution in [-0.4, -0.2) is 17.2 Å². The van der Waals surface area contributed by atoms with Crippen LogP contribution in [0.3, 0.4) is 0 Å². The van der Waals surface area contributed by atoms with Crippen LogP contribution in [0.1, 0.15) is 49.9 Å². The van der Waals surface area contributed by atoms with Gasteiger partial charge in [0.2, 0.25) is 0 Å². The highest BCUT2D eigenvalue weighted by atomic mass is 79.9. The van der Waals surface area contributed by atoms with E-state index in [-0.39, 0.29) is 10.8 Å². The summed E-state index contributed by atoms with van der Waals surface area (Å²) >= 11 is 3.64. The Bertz CT molecular complexity index is 6460. The molecule has 484 valence electrons. The van der Waals surface area contributed by atoms with Crippen molar-refractivity contribution in [2.75, 3.05) is 0 Å². The molecule has 0 aliphatic heterocycles. The number of rotatable bonds is 6.